The Bertz CT molecular complexity index is 425. The lowest BCUT2D eigenvalue weighted by Gasteiger charge is -2.12. The summed E-state index contributed by atoms with van der Waals surface area (Å²) in [5, 5.41) is 3.44. The Balaban J connectivity index is 1.82. The molecule has 1 heterocycles. The minimum absolute atomic E-state index is 0.567. The standard InChI is InChI=1S/C15H22N2O/c1-4-14-15(8-5-12(3)17-14)18-10-11(2)9-16-13-6-7-13/h5,8,13,16H,2,4,6-7,9-10H2,1,3H3. The first-order valence-corrected chi connectivity index (χ1v) is 6.68. The molecule has 0 atom stereocenters. The fourth-order valence-electron chi connectivity index (χ4n) is 1.79. The molecule has 18 heavy (non-hydrogen) atoms. The zero-order chi connectivity index (χ0) is 13.0. The lowest BCUT2D eigenvalue weighted by atomic mass is 10.2. The summed E-state index contributed by atoms with van der Waals surface area (Å²) in [6, 6.07) is 4.71. The highest BCUT2D eigenvalue weighted by Crippen LogP contribution is 2.19. The Morgan fingerprint density at radius 3 is 2.94 bits per heavy atom. The van der Waals surface area contributed by atoms with Crippen LogP contribution in [0.4, 0.5) is 0 Å². The van der Waals surface area contributed by atoms with Crippen molar-refractivity contribution in [2.24, 2.45) is 0 Å². The van der Waals surface area contributed by atoms with E-state index in [2.05, 4.69) is 23.8 Å². The van der Waals surface area contributed by atoms with Gasteiger partial charge >= 0.3 is 0 Å². The Hall–Kier alpha value is -1.35. The molecule has 1 fully saturated rings. The van der Waals surface area contributed by atoms with Crippen LogP contribution in [0.1, 0.15) is 31.2 Å². The van der Waals surface area contributed by atoms with Gasteiger partial charge in [0, 0.05) is 18.3 Å². The third-order valence-electron chi connectivity index (χ3n) is 3.06. The topological polar surface area (TPSA) is 34.1 Å². The summed E-state index contributed by atoms with van der Waals surface area (Å²) in [7, 11) is 0. The Morgan fingerprint density at radius 1 is 1.50 bits per heavy atom. The molecule has 0 unspecified atom stereocenters. The third kappa shape index (κ3) is 3.84. The molecule has 3 nitrogen and oxygen atoms in total. The zero-order valence-electron chi connectivity index (χ0n) is 11.3. The second kappa shape index (κ2) is 6.01. The van der Waals surface area contributed by atoms with E-state index < -0.39 is 0 Å². The molecule has 98 valence electrons. The predicted molar refractivity (Wildman–Crippen MR) is 74.0 cm³/mol. The molecule has 2 rings (SSSR count). The van der Waals surface area contributed by atoms with E-state index in [1.54, 1.807) is 0 Å². The molecular weight excluding hydrogens is 224 g/mol. The second-order valence-corrected chi connectivity index (χ2v) is 4.94. The minimum atomic E-state index is 0.567. The van der Waals surface area contributed by atoms with Crippen molar-refractivity contribution in [3.63, 3.8) is 0 Å². The van der Waals surface area contributed by atoms with Gasteiger partial charge in [-0.25, -0.2) is 0 Å². The molecule has 1 aromatic rings. The van der Waals surface area contributed by atoms with Crippen LogP contribution in [0.25, 0.3) is 0 Å². The van der Waals surface area contributed by atoms with Gasteiger partial charge in [-0.05, 0) is 43.9 Å². The highest BCUT2D eigenvalue weighted by molar-refractivity contribution is 5.29. The molecule has 0 amide bonds. The summed E-state index contributed by atoms with van der Waals surface area (Å²) < 4.78 is 5.80. The van der Waals surface area contributed by atoms with Gasteiger partial charge in [-0.15, -0.1) is 0 Å². The van der Waals surface area contributed by atoms with Crippen molar-refractivity contribution in [1.82, 2.24) is 10.3 Å². The summed E-state index contributed by atoms with van der Waals surface area (Å²) in [4.78, 5) is 4.48. The van der Waals surface area contributed by atoms with Crippen LogP contribution in [-0.2, 0) is 6.42 Å². The number of pyridine rings is 1. The van der Waals surface area contributed by atoms with E-state index in [9.17, 15) is 0 Å². The molecule has 1 aliphatic rings. The SMILES string of the molecule is C=C(CNC1CC1)COc1ccc(C)nc1CC. The average Bonchev–Trinajstić information content (AvgIpc) is 3.18. The average molecular weight is 246 g/mol. The van der Waals surface area contributed by atoms with Crippen LogP contribution in [0.3, 0.4) is 0 Å². The van der Waals surface area contributed by atoms with E-state index in [-0.39, 0.29) is 0 Å². The monoisotopic (exact) mass is 246 g/mol. The van der Waals surface area contributed by atoms with Gasteiger partial charge in [-0.1, -0.05) is 13.5 Å². The number of aromatic nitrogens is 1. The van der Waals surface area contributed by atoms with Crippen LogP contribution < -0.4 is 10.1 Å². The molecule has 0 spiro atoms. The van der Waals surface area contributed by atoms with Crippen LogP contribution in [0, 0.1) is 6.92 Å². The first kappa shape index (κ1) is 13.1. The molecule has 0 aromatic carbocycles. The van der Waals surface area contributed by atoms with Crippen LogP contribution in [-0.4, -0.2) is 24.2 Å². The van der Waals surface area contributed by atoms with Crippen molar-refractivity contribution >= 4 is 0 Å². The predicted octanol–water partition coefficient (Wildman–Crippen LogP) is 2.64. The summed E-state index contributed by atoms with van der Waals surface area (Å²) in [6.07, 6.45) is 3.50. The van der Waals surface area contributed by atoms with Crippen molar-refractivity contribution in [1.29, 1.82) is 0 Å². The number of hydrogen-bond donors (Lipinski definition) is 1. The van der Waals surface area contributed by atoms with Gasteiger partial charge < -0.3 is 10.1 Å². The van der Waals surface area contributed by atoms with E-state index in [1.165, 1.54) is 12.8 Å². The van der Waals surface area contributed by atoms with Crippen LogP contribution in [0.15, 0.2) is 24.3 Å². The van der Waals surface area contributed by atoms with Gasteiger partial charge in [0.2, 0.25) is 0 Å². The van der Waals surface area contributed by atoms with E-state index in [0.29, 0.717) is 12.6 Å². The molecule has 3 heteroatoms. The maximum absolute atomic E-state index is 5.80. The number of aryl methyl sites for hydroxylation is 2. The van der Waals surface area contributed by atoms with E-state index in [0.717, 1.165) is 35.7 Å². The number of nitrogens with zero attached hydrogens (tertiary/aromatic N) is 1. The number of nitrogens with one attached hydrogen (secondary N) is 1. The maximum Gasteiger partial charge on any atom is 0.141 e. The van der Waals surface area contributed by atoms with Crippen LogP contribution >= 0.6 is 0 Å². The molecule has 0 aliphatic heterocycles. The fourth-order valence-corrected chi connectivity index (χ4v) is 1.79. The van der Waals surface area contributed by atoms with Gasteiger partial charge in [-0.2, -0.15) is 0 Å². The highest BCUT2D eigenvalue weighted by Gasteiger charge is 2.20. The van der Waals surface area contributed by atoms with Crippen molar-refractivity contribution in [2.75, 3.05) is 13.2 Å². The molecule has 1 aliphatic carbocycles. The summed E-state index contributed by atoms with van der Waals surface area (Å²) >= 11 is 0. The normalized spacial score (nSPS) is 14.6. The van der Waals surface area contributed by atoms with Gasteiger partial charge in [0.15, 0.2) is 0 Å². The molecule has 0 radical (unpaired) electrons. The van der Waals surface area contributed by atoms with E-state index >= 15 is 0 Å². The van der Waals surface area contributed by atoms with Crippen LogP contribution in [0.2, 0.25) is 0 Å². The fraction of sp³-hybridized carbons (Fsp3) is 0.533. The van der Waals surface area contributed by atoms with E-state index in [1.807, 2.05) is 19.1 Å². The van der Waals surface area contributed by atoms with Gasteiger partial charge in [-0.3, -0.25) is 4.98 Å². The number of rotatable bonds is 7. The lowest BCUT2D eigenvalue weighted by molar-refractivity contribution is 0.342. The van der Waals surface area contributed by atoms with Crippen molar-refractivity contribution in [2.45, 2.75) is 39.2 Å². The van der Waals surface area contributed by atoms with Crippen molar-refractivity contribution < 1.29 is 4.74 Å². The summed E-state index contributed by atoms with van der Waals surface area (Å²) in [5.41, 5.74) is 3.15. The first-order chi connectivity index (χ1) is 8.69. The summed E-state index contributed by atoms with van der Waals surface area (Å²) in [5.74, 6) is 0.885. The number of ether oxygens (including phenoxy) is 1. The van der Waals surface area contributed by atoms with Crippen molar-refractivity contribution in [3.05, 3.63) is 35.7 Å². The quantitative estimate of drug-likeness (QED) is 0.751. The van der Waals surface area contributed by atoms with Crippen LogP contribution in [0.5, 0.6) is 5.75 Å². The van der Waals surface area contributed by atoms with Gasteiger partial charge in [0.1, 0.15) is 12.4 Å². The molecular formula is C15H22N2O. The highest BCUT2D eigenvalue weighted by atomic mass is 16.5. The Labute approximate surface area is 109 Å². The molecule has 1 saturated carbocycles. The van der Waals surface area contributed by atoms with Gasteiger partial charge in [0.25, 0.3) is 0 Å². The minimum Gasteiger partial charge on any atom is -0.487 e. The largest absolute Gasteiger partial charge is 0.487 e. The molecule has 1 aromatic heterocycles. The second-order valence-electron chi connectivity index (χ2n) is 4.94. The van der Waals surface area contributed by atoms with E-state index in [4.69, 9.17) is 4.74 Å². The molecule has 1 N–H and O–H groups in total. The Kier molecular flexibility index (Phi) is 4.37. The first-order valence-electron chi connectivity index (χ1n) is 6.68. The summed E-state index contributed by atoms with van der Waals surface area (Å²) in [6.45, 7) is 9.55. The molecule has 0 saturated heterocycles. The maximum atomic E-state index is 5.80. The van der Waals surface area contributed by atoms with Crippen molar-refractivity contribution in [3.8, 4) is 5.75 Å². The van der Waals surface area contributed by atoms with Gasteiger partial charge in [0.05, 0.1) is 5.69 Å². The zero-order valence-corrected chi connectivity index (χ0v) is 11.3. The smallest absolute Gasteiger partial charge is 0.141 e. The number of hydrogen-bond acceptors (Lipinski definition) is 3. The third-order valence-corrected chi connectivity index (χ3v) is 3.06. The Morgan fingerprint density at radius 2 is 2.28 bits per heavy atom. The lowest BCUT2D eigenvalue weighted by Crippen LogP contribution is -2.21. The molecule has 0 bridgehead atoms.